The van der Waals surface area contributed by atoms with E-state index >= 15 is 0 Å². The average Bonchev–Trinajstić information content (AvgIpc) is 3.21. The summed E-state index contributed by atoms with van der Waals surface area (Å²) >= 11 is 1.58. The molecule has 8 heteroatoms. The summed E-state index contributed by atoms with van der Waals surface area (Å²) in [4.78, 5) is 17.1. The molecule has 1 unspecified atom stereocenters. The summed E-state index contributed by atoms with van der Waals surface area (Å²) in [6.07, 6.45) is 2.86. The van der Waals surface area contributed by atoms with Crippen molar-refractivity contribution >= 4 is 29.7 Å². The van der Waals surface area contributed by atoms with Crippen molar-refractivity contribution in [2.24, 2.45) is 0 Å². The molecule has 1 aliphatic heterocycles. The molecule has 3 heterocycles. The molecule has 22 heavy (non-hydrogen) atoms. The number of nitrogens with zero attached hydrogens (tertiary/aromatic N) is 2. The van der Waals surface area contributed by atoms with Gasteiger partial charge < -0.3 is 15.2 Å². The fourth-order valence-electron chi connectivity index (χ4n) is 2.34. The molecular formula is C14H19ClN4O2S. The Balaban J connectivity index is 0.00000176. The van der Waals surface area contributed by atoms with E-state index in [0.29, 0.717) is 24.6 Å². The van der Waals surface area contributed by atoms with Gasteiger partial charge in [0.2, 0.25) is 17.6 Å². The molecule has 0 aromatic carbocycles. The van der Waals surface area contributed by atoms with Crippen LogP contribution in [0.1, 0.15) is 25.2 Å². The summed E-state index contributed by atoms with van der Waals surface area (Å²) in [5, 5.41) is 12.2. The molecule has 0 bridgehead atoms. The second-order valence-electron chi connectivity index (χ2n) is 5.10. The molecule has 1 saturated heterocycles. The van der Waals surface area contributed by atoms with Gasteiger partial charge in [-0.3, -0.25) is 4.79 Å². The van der Waals surface area contributed by atoms with Crippen LogP contribution in [0.25, 0.3) is 10.7 Å². The molecule has 3 rings (SSSR count). The summed E-state index contributed by atoms with van der Waals surface area (Å²) in [7, 11) is 0. The topological polar surface area (TPSA) is 80.0 Å². The number of thiophene rings is 1. The lowest BCUT2D eigenvalue weighted by atomic mass is 10.2. The number of halogens is 1. The SMILES string of the molecule is Cl.O=C(CCCc1nc(-c2cccs2)no1)NC1CCNC1. The van der Waals surface area contributed by atoms with Crippen molar-refractivity contribution in [2.45, 2.75) is 31.7 Å². The largest absolute Gasteiger partial charge is 0.352 e. The van der Waals surface area contributed by atoms with E-state index in [2.05, 4.69) is 20.8 Å². The maximum atomic E-state index is 11.8. The molecule has 0 aliphatic carbocycles. The highest BCUT2D eigenvalue weighted by molar-refractivity contribution is 7.13. The molecule has 1 aliphatic rings. The van der Waals surface area contributed by atoms with Gasteiger partial charge in [-0.2, -0.15) is 4.98 Å². The van der Waals surface area contributed by atoms with Crippen LogP contribution >= 0.6 is 23.7 Å². The predicted molar refractivity (Wildman–Crippen MR) is 87.2 cm³/mol. The smallest absolute Gasteiger partial charge is 0.226 e. The van der Waals surface area contributed by atoms with Gasteiger partial charge in [-0.25, -0.2) is 0 Å². The van der Waals surface area contributed by atoms with E-state index in [1.807, 2.05) is 17.5 Å². The molecule has 6 nitrogen and oxygen atoms in total. The van der Waals surface area contributed by atoms with Crippen molar-refractivity contribution < 1.29 is 9.32 Å². The third-order valence-electron chi connectivity index (χ3n) is 3.43. The minimum Gasteiger partial charge on any atom is -0.352 e. The first-order chi connectivity index (χ1) is 10.3. The third kappa shape index (κ3) is 4.53. The zero-order chi connectivity index (χ0) is 14.5. The maximum Gasteiger partial charge on any atom is 0.226 e. The summed E-state index contributed by atoms with van der Waals surface area (Å²) < 4.78 is 5.21. The number of carbonyl (C=O) groups excluding carboxylic acids is 1. The van der Waals surface area contributed by atoms with Gasteiger partial charge in [-0.05, 0) is 30.8 Å². The van der Waals surface area contributed by atoms with Crippen LogP contribution < -0.4 is 10.6 Å². The van der Waals surface area contributed by atoms with Gasteiger partial charge >= 0.3 is 0 Å². The number of aromatic nitrogens is 2. The number of carbonyl (C=O) groups is 1. The van der Waals surface area contributed by atoms with Crippen molar-refractivity contribution in [3.05, 3.63) is 23.4 Å². The van der Waals surface area contributed by atoms with Crippen molar-refractivity contribution in [1.29, 1.82) is 0 Å². The van der Waals surface area contributed by atoms with Crippen LogP contribution in [0.5, 0.6) is 0 Å². The minimum atomic E-state index is 0. The molecule has 0 spiro atoms. The lowest BCUT2D eigenvalue weighted by molar-refractivity contribution is -0.121. The first-order valence-corrected chi connectivity index (χ1v) is 8.06. The molecule has 1 amide bonds. The molecule has 2 aromatic rings. The van der Waals surface area contributed by atoms with Gasteiger partial charge in [0, 0.05) is 25.4 Å². The fourth-order valence-corrected chi connectivity index (χ4v) is 2.99. The summed E-state index contributed by atoms with van der Waals surface area (Å²) in [5.74, 6) is 1.32. The molecule has 120 valence electrons. The number of amides is 1. The Hall–Kier alpha value is -1.44. The minimum absolute atomic E-state index is 0. The van der Waals surface area contributed by atoms with Gasteiger partial charge in [0.05, 0.1) is 4.88 Å². The van der Waals surface area contributed by atoms with Crippen LogP contribution in [-0.2, 0) is 11.2 Å². The van der Waals surface area contributed by atoms with Crippen molar-refractivity contribution in [3.8, 4) is 10.7 Å². The lowest BCUT2D eigenvalue weighted by Crippen LogP contribution is -2.36. The van der Waals surface area contributed by atoms with E-state index in [-0.39, 0.29) is 24.4 Å². The van der Waals surface area contributed by atoms with Gasteiger partial charge in [0.15, 0.2) is 0 Å². The molecule has 1 atom stereocenters. The quantitative estimate of drug-likeness (QED) is 0.839. The Morgan fingerprint density at radius 1 is 1.55 bits per heavy atom. The molecule has 0 saturated carbocycles. The Morgan fingerprint density at radius 3 is 3.18 bits per heavy atom. The first kappa shape index (κ1) is 16.9. The number of hydrogen-bond donors (Lipinski definition) is 2. The monoisotopic (exact) mass is 342 g/mol. The van der Waals surface area contributed by atoms with Crippen LogP contribution in [0.3, 0.4) is 0 Å². The van der Waals surface area contributed by atoms with Crippen molar-refractivity contribution in [3.63, 3.8) is 0 Å². The standard InChI is InChI=1S/C14H18N4O2S.ClH/c19-12(16-10-6-7-15-9-10)4-1-5-13-17-14(18-20-13)11-3-2-8-21-11;/h2-3,8,10,15H,1,4-7,9H2,(H,16,19);1H. The van der Waals surface area contributed by atoms with Crippen LogP contribution in [-0.4, -0.2) is 35.2 Å². The number of aryl methyl sites for hydroxylation is 1. The first-order valence-electron chi connectivity index (χ1n) is 7.18. The highest BCUT2D eigenvalue weighted by atomic mass is 35.5. The zero-order valence-corrected chi connectivity index (χ0v) is 13.7. The summed E-state index contributed by atoms with van der Waals surface area (Å²) in [5.41, 5.74) is 0. The van der Waals surface area contributed by atoms with Gasteiger partial charge in [-0.1, -0.05) is 11.2 Å². The predicted octanol–water partition coefficient (Wildman–Crippen LogP) is 2.02. The number of rotatable bonds is 6. The summed E-state index contributed by atoms with van der Waals surface area (Å²) in [6, 6.07) is 4.20. The van der Waals surface area contributed by atoms with Crippen LogP contribution in [0.2, 0.25) is 0 Å². The van der Waals surface area contributed by atoms with Gasteiger partial charge in [0.25, 0.3) is 0 Å². The van der Waals surface area contributed by atoms with Gasteiger partial charge in [-0.15, -0.1) is 23.7 Å². The maximum absolute atomic E-state index is 11.8. The average molecular weight is 343 g/mol. The van der Waals surface area contributed by atoms with E-state index in [0.717, 1.165) is 30.8 Å². The molecule has 2 aromatic heterocycles. The molecule has 1 fully saturated rings. The fraction of sp³-hybridized carbons (Fsp3) is 0.500. The number of hydrogen-bond acceptors (Lipinski definition) is 6. The molecule has 2 N–H and O–H groups in total. The Kier molecular flexibility index (Phi) is 6.35. The third-order valence-corrected chi connectivity index (χ3v) is 4.30. The van der Waals surface area contributed by atoms with Crippen LogP contribution in [0.15, 0.2) is 22.0 Å². The van der Waals surface area contributed by atoms with Crippen LogP contribution in [0.4, 0.5) is 0 Å². The summed E-state index contributed by atoms with van der Waals surface area (Å²) in [6.45, 7) is 1.86. The van der Waals surface area contributed by atoms with Crippen molar-refractivity contribution in [2.75, 3.05) is 13.1 Å². The van der Waals surface area contributed by atoms with E-state index in [9.17, 15) is 4.79 Å². The number of nitrogens with one attached hydrogen (secondary N) is 2. The molecular weight excluding hydrogens is 324 g/mol. The van der Waals surface area contributed by atoms with E-state index in [1.54, 1.807) is 11.3 Å². The highest BCUT2D eigenvalue weighted by Gasteiger charge is 2.16. The second kappa shape index (κ2) is 8.26. The van der Waals surface area contributed by atoms with E-state index in [4.69, 9.17) is 4.52 Å². The van der Waals surface area contributed by atoms with E-state index < -0.39 is 0 Å². The Morgan fingerprint density at radius 2 is 2.45 bits per heavy atom. The van der Waals surface area contributed by atoms with Gasteiger partial charge in [0.1, 0.15) is 0 Å². The highest BCUT2D eigenvalue weighted by Crippen LogP contribution is 2.21. The van der Waals surface area contributed by atoms with Crippen molar-refractivity contribution in [1.82, 2.24) is 20.8 Å². The zero-order valence-electron chi connectivity index (χ0n) is 12.1. The lowest BCUT2D eigenvalue weighted by Gasteiger charge is -2.10. The van der Waals surface area contributed by atoms with Crippen LogP contribution in [0, 0.1) is 0 Å². The second-order valence-corrected chi connectivity index (χ2v) is 6.05. The normalized spacial score (nSPS) is 17.2. The Bertz CT molecular complexity index is 581. The molecule has 0 radical (unpaired) electrons. The van der Waals surface area contributed by atoms with E-state index in [1.165, 1.54) is 0 Å². The Labute approximate surface area is 139 Å².